The smallest absolute Gasteiger partial charge is 0.251 e. The molecule has 7 heteroatoms. The van der Waals surface area contributed by atoms with E-state index in [9.17, 15) is 4.79 Å². The van der Waals surface area contributed by atoms with Crippen molar-refractivity contribution < 1.29 is 14.3 Å². The second kappa shape index (κ2) is 10.9. The van der Waals surface area contributed by atoms with Crippen LogP contribution >= 0.6 is 0 Å². The van der Waals surface area contributed by atoms with Crippen LogP contribution in [0.25, 0.3) is 0 Å². The van der Waals surface area contributed by atoms with Crippen LogP contribution in [-0.2, 0) is 14.3 Å². The van der Waals surface area contributed by atoms with E-state index in [1.807, 2.05) is 4.90 Å². The molecule has 27 heavy (non-hydrogen) atoms. The number of hydrogen-bond acceptors (Lipinski definition) is 4. The molecule has 0 radical (unpaired) electrons. The Balaban J connectivity index is 1.39. The van der Waals surface area contributed by atoms with E-state index in [2.05, 4.69) is 17.1 Å². The Kier molecular flexibility index (Phi) is 8.20. The largest absolute Gasteiger partial charge is 0.378 e. The van der Waals surface area contributed by atoms with Gasteiger partial charge in [-0.3, -0.25) is 9.79 Å². The molecule has 0 bridgehead atoms. The Morgan fingerprint density at radius 3 is 2.52 bits per heavy atom. The van der Waals surface area contributed by atoms with Crippen molar-refractivity contribution in [1.82, 2.24) is 15.1 Å². The third-order valence-corrected chi connectivity index (χ3v) is 5.65. The molecular formula is C20H36N4O3. The summed E-state index contributed by atoms with van der Waals surface area (Å²) in [6.07, 6.45) is 8.17. The Hall–Kier alpha value is -1.34. The summed E-state index contributed by atoms with van der Waals surface area (Å²) >= 11 is 0. The Morgan fingerprint density at radius 1 is 1.11 bits per heavy atom. The third kappa shape index (κ3) is 6.07. The van der Waals surface area contributed by atoms with Crippen LogP contribution < -0.4 is 5.32 Å². The molecule has 2 saturated heterocycles. The molecule has 154 valence electrons. The average molecular weight is 381 g/mol. The predicted octanol–water partition coefficient (Wildman–Crippen LogP) is 1.62. The van der Waals surface area contributed by atoms with Crippen molar-refractivity contribution in [2.75, 3.05) is 52.5 Å². The van der Waals surface area contributed by atoms with Crippen LogP contribution in [0.3, 0.4) is 0 Å². The summed E-state index contributed by atoms with van der Waals surface area (Å²) < 4.78 is 11.5. The maximum Gasteiger partial charge on any atom is 0.251 e. The number of carbonyl (C=O) groups is 1. The lowest BCUT2D eigenvalue weighted by atomic mass is 10.2. The molecule has 3 aliphatic rings. The molecule has 1 aliphatic carbocycles. The molecule has 1 saturated carbocycles. The van der Waals surface area contributed by atoms with Gasteiger partial charge in [0.1, 0.15) is 6.10 Å². The van der Waals surface area contributed by atoms with E-state index >= 15 is 0 Å². The molecule has 0 aromatic heterocycles. The highest BCUT2D eigenvalue weighted by molar-refractivity contribution is 5.82. The van der Waals surface area contributed by atoms with E-state index in [0.717, 1.165) is 77.7 Å². The Bertz CT molecular complexity index is 480. The monoisotopic (exact) mass is 380 g/mol. The summed E-state index contributed by atoms with van der Waals surface area (Å²) in [5.41, 5.74) is 0. The van der Waals surface area contributed by atoms with E-state index in [-0.39, 0.29) is 12.0 Å². The lowest BCUT2D eigenvalue weighted by Crippen LogP contribution is -2.55. The molecule has 0 spiro atoms. The number of nitrogens with zero attached hydrogens (tertiary/aromatic N) is 3. The number of carbonyl (C=O) groups excluding carboxylic acids is 1. The van der Waals surface area contributed by atoms with Gasteiger partial charge in [0.2, 0.25) is 0 Å². The van der Waals surface area contributed by atoms with Gasteiger partial charge in [0, 0.05) is 52.5 Å². The van der Waals surface area contributed by atoms with Crippen LogP contribution in [-0.4, -0.2) is 86.4 Å². The molecular weight excluding hydrogens is 344 g/mol. The number of ether oxygens (including phenoxy) is 2. The molecule has 0 aromatic carbocycles. The zero-order chi connectivity index (χ0) is 18.9. The topological polar surface area (TPSA) is 66.4 Å². The fourth-order valence-corrected chi connectivity index (χ4v) is 4.10. The number of hydrogen-bond donors (Lipinski definition) is 1. The highest BCUT2D eigenvalue weighted by Crippen LogP contribution is 2.21. The highest BCUT2D eigenvalue weighted by atomic mass is 16.5. The Labute approximate surface area is 163 Å². The molecule has 1 amide bonds. The van der Waals surface area contributed by atoms with Crippen molar-refractivity contribution in [2.24, 2.45) is 4.99 Å². The van der Waals surface area contributed by atoms with Gasteiger partial charge in [-0.25, -0.2) is 0 Å². The van der Waals surface area contributed by atoms with Gasteiger partial charge in [0.05, 0.1) is 6.10 Å². The number of guanidine groups is 1. The summed E-state index contributed by atoms with van der Waals surface area (Å²) in [6.45, 7) is 8.38. The minimum absolute atomic E-state index is 0.165. The van der Waals surface area contributed by atoms with Crippen molar-refractivity contribution in [3.63, 3.8) is 0 Å². The normalized spacial score (nSPS) is 24.6. The van der Waals surface area contributed by atoms with Crippen LogP contribution in [0.1, 0.15) is 51.9 Å². The van der Waals surface area contributed by atoms with E-state index < -0.39 is 0 Å². The van der Waals surface area contributed by atoms with E-state index in [1.54, 1.807) is 0 Å². The van der Waals surface area contributed by atoms with Crippen LogP contribution in [0, 0.1) is 0 Å². The summed E-state index contributed by atoms with van der Waals surface area (Å²) in [6, 6.07) is 0. The second-order valence-corrected chi connectivity index (χ2v) is 7.68. The number of amides is 1. The standard InChI is InChI=1S/C20H36N4O3/c1-2-21-20(22-10-6-16-26-17-7-3-4-8-17)24-13-11-23(12-14-24)19(25)18-9-5-15-27-18/h17-18H,2-16H2,1H3,(H,21,22). The minimum atomic E-state index is -0.210. The van der Waals surface area contributed by atoms with E-state index in [0.29, 0.717) is 6.10 Å². The van der Waals surface area contributed by atoms with E-state index in [1.165, 1.54) is 25.7 Å². The maximum atomic E-state index is 12.5. The molecule has 0 aromatic rings. The summed E-state index contributed by atoms with van der Waals surface area (Å²) in [5, 5.41) is 3.39. The summed E-state index contributed by atoms with van der Waals surface area (Å²) in [7, 11) is 0. The average Bonchev–Trinajstić information content (AvgIpc) is 3.40. The number of aliphatic imine (C=N–C) groups is 1. The predicted molar refractivity (Wildman–Crippen MR) is 106 cm³/mol. The van der Waals surface area contributed by atoms with Crippen molar-refractivity contribution in [3.8, 4) is 0 Å². The molecule has 3 fully saturated rings. The molecule has 1 N–H and O–H groups in total. The first-order valence-electron chi connectivity index (χ1n) is 10.8. The summed E-state index contributed by atoms with van der Waals surface area (Å²) in [4.78, 5) is 21.5. The van der Waals surface area contributed by atoms with Gasteiger partial charge in [0.25, 0.3) is 5.91 Å². The zero-order valence-corrected chi connectivity index (χ0v) is 16.8. The Morgan fingerprint density at radius 2 is 1.85 bits per heavy atom. The second-order valence-electron chi connectivity index (χ2n) is 7.68. The van der Waals surface area contributed by atoms with Gasteiger partial charge < -0.3 is 24.6 Å². The number of nitrogens with one attached hydrogen (secondary N) is 1. The molecule has 1 atom stereocenters. The van der Waals surface area contributed by atoms with Gasteiger partial charge >= 0.3 is 0 Å². The quantitative estimate of drug-likeness (QED) is 0.413. The lowest BCUT2D eigenvalue weighted by molar-refractivity contribution is -0.142. The van der Waals surface area contributed by atoms with Gasteiger partial charge in [-0.15, -0.1) is 0 Å². The first kappa shape index (κ1) is 20.4. The van der Waals surface area contributed by atoms with Gasteiger partial charge in [-0.1, -0.05) is 12.8 Å². The lowest BCUT2D eigenvalue weighted by Gasteiger charge is -2.37. The number of rotatable bonds is 7. The molecule has 7 nitrogen and oxygen atoms in total. The fraction of sp³-hybridized carbons (Fsp3) is 0.900. The van der Waals surface area contributed by atoms with Crippen LogP contribution in [0.4, 0.5) is 0 Å². The van der Waals surface area contributed by atoms with Gasteiger partial charge in [-0.2, -0.15) is 0 Å². The van der Waals surface area contributed by atoms with Crippen molar-refractivity contribution in [1.29, 1.82) is 0 Å². The van der Waals surface area contributed by atoms with E-state index in [4.69, 9.17) is 14.5 Å². The first-order valence-corrected chi connectivity index (χ1v) is 10.8. The van der Waals surface area contributed by atoms with Crippen molar-refractivity contribution in [3.05, 3.63) is 0 Å². The van der Waals surface area contributed by atoms with Crippen molar-refractivity contribution >= 4 is 11.9 Å². The molecule has 2 aliphatic heterocycles. The molecule has 2 heterocycles. The minimum Gasteiger partial charge on any atom is -0.378 e. The molecule has 1 unspecified atom stereocenters. The van der Waals surface area contributed by atoms with Crippen LogP contribution in [0.2, 0.25) is 0 Å². The van der Waals surface area contributed by atoms with Crippen LogP contribution in [0.5, 0.6) is 0 Å². The molecule has 3 rings (SSSR count). The van der Waals surface area contributed by atoms with Gasteiger partial charge in [0.15, 0.2) is 5.96 Å². The SMILES string of the molecule is CCNC(=NCCCOC1CCCC1)N1CCN(C(=O)C2CCCO2)CC1. The third-order valence-electron chi connectivity index (χ3n) is 5.65. The first-order chi connectivity index (χ1) is 13.3. The summed E-state index contributed by atoms with van der Waals surface area (Å²) in [5.74, 6) is 1.13. The fourth-order valence-electron chi connectivity index (χ4n) is 4.10. The number of piperazine rings is 1. The van der Waals surface area contributed by atoms with Crippen LogP contribution in [0.15, 0.2) is 4.99 Å². The zero-order valence-electron chi connectivity index (χ0n) is 16.8. The van der Waals surface area contributed by atoms with Crippen molar-refractivity contribution in [2.45, 2.75) is 64.1 Å². The van der Waals surface area contributed by atoms with Gasteiger partial charge in [-0.05, 0) is 39.0 Å². The maximum absolute atomic E-state index is 12.5. The highest BCUT2D eigenvalue weighted by Gasteiger charge is 2.30.